The molecule has 0 spiro atoms. The Labute approximate surface area is 176 Å². The Hall–Kier alpha value is -3.95. The molecular weight excluding hydrogens is 402 g/mol. The first-order chi connectivity index (χ1) is 14.6. The first kappa shape index (κ1) is 21.8. The van der Waals surface area contributed by atoms with E-state index in [0.717, 1.165) is 0 Å². The quantitative estimate of drug-likeness (QED) is 0.353. The summed E-state index contributed by atoms with van der Waals surface area (Å²) < 4.78 is 1.47. The van der Waals surface area contributed by atoms with Gasteiger partial charge in [0, 0.05) is 36.5 Å². The van der Waals surface area contributed by atoms with Crippen molar-refractivity contribution in [3.05, 3.63) is 61.0 Å². The molecule has 0 saturated carbocycles. The lowest BCUT2D eigenvalue weighted by molar-refractivity contribution is 0.0811. The maximum atomic E-state index is 12.8. The van der Waals surface area contributed by atoms with Crippen LogP contribution >= 0.6 is 0 Å². The van der Waals surface area contributed by atoms with Crippen LogP contribution in [-0.2, 0) is 0 Å². The van der Waals surface area contributed by atoms with Crippen LogP contribution in [0.25, 0.3) is 10.8 Å². The summed E-state index contributed by atoms with van der Waals surface area (Å²) >= 11 is 0. The molecule has 0 radical (unpaired) electrons. The molecule has 0 atom stereocenters. The fourth-order valence-corrected chi connectivity index (χ4v) is 3.37. The van der Waals surface area contributed by atoms with Gasteiger partial charge in [0.1, 0.15) is 11.4 Å². The molecule has 160 valence electrons. The summed E-state index contributed by atoms with van der Waals surface area (Å²) in [4.78, 5) is 66.9. The summed E-state index contributed by atoms with van der Waals surface area (Å²) in [6.45, 7) is 4.87. The van der Waals surface area contributed by atoms with Gasteiger partial charge in [-0.05, 0) is 20.8 Å². The number of aromatic nitrogens is 2. The number of rotatable bonds is 6. The SMILES string of the molecule is CC(=O)c1cccc2c(=O)c(=NNc3nc(C=O)c(C(=O)N(C)C)n3C(C)C)c(=O)c12. The second-order valence-corrected chi connectivity index (χ2v) is 7.47. The largest absolute Gasteiger partial charge is 0.343 e. The zero-order valence-corrected chi connectivity index (χ0v) is 17.7. The summed E-state index contributed by atoms with van der Waals surface area (Å²) in [5.74, 6) is -0.751. The molecule has 0 unspecified atom stereocenters. The summed E-state index contributed by atoms with van der Waals surface area (Å²) in [6, 6.07) is 4.17. The van der Waals surface area contributed by atoms with Crippen LogP contribution in [-0.4, -0.2) is 46.5 Å². The van der Waals surface area contributed by atoms with E-state index >= 15 is 0 Å². The molecule has 0 bridgehead atoms. The van der Waals surface area contributed by atoms with Crippen molar-refractivity contribution >= 4 is 34.7 Å². The average Bonchev–Trinajstić information content (AvgIpc) is 3.21. The number of ketones is 1. The monoisotopic (exact) mass is 423 g/mol. The number of nitrogens with zero attached hydrogens (tertiary/aromatic N) is 4. The first-order valence-corrected chi connectivity index (χ1v) is 9.46. The summed E-state index contributed by atoms with van der Waals surface area (Å²) in [5, 5.41) is 3.65. The molecule has 31 heavy (non-hydrogen) atoms. The van der Waals surface area contributed by atoms with Gasteiger partial charge in [-0.25, -0.2) is 10.4 Å². The fraction of sp³-hybridized carbons (Fsp3) is 0.286. The van der Waals surface area contributed by atoms with Gasteiger partial charge in [-0.3, -0.25) is 24.0 Å². The number of imidazole rings is 1. The van der Waals surface area contributed by atoms with E-state index in [2.05, 4.69) is 15.5 Å². The third-order valence-electron chi connectivity index (χ3n) is 4.79. The van der Waals surface area contributed by atoms with Gasteiger partial charge in [0.2, 0.25) is 16.8 Å². The zero-order valence-electron chi connectivity index (χ0n) is 17.7. The molecule has 0 saturated heterocycles. The Morgan fingerprint density at radius 1 is 1.19 bits per heavy atom. The van der Waals surface area contributed by atoms with E-state index in [1.165, 1.54) is 34.6 Å². The standard InChI is InChI=1S/C21H21N5O5/c1-10(2)26-17(20(31)25(4)5)14(9-27)22-21(26)24-23-16-18(29)13-8-6-7-12(11(3)28)15(13)19(16)30/h6-10H,1-5H3,(H,22,24). The predicted octanol–water partition coefficient (Wildman–Crippen LogP) is 0.858. The fourth-order valence-electron chi connectivity index (χ4n) is 3.37. The Bertz CT molecular complexity index is 1370. The van der Waals surface area contributed by atoms with Crippen LogP contribution in [0.5, 0.6) is 0 Å². The number of carbonyl (C=O) groups is 3. The Morgan fingerprint density at radius 3 is 2.42 bits per heavy atom. The lowest BCUT2D eigenvalue weighted by atomic mass is 10.1. The molecule has 3 aromatic rings. The minimum Gasteiger partial charge on any atom is -0.343 e. The summed E-state index contributed by atoms with van der Waals surface area (Å²) in [7, 11) is 3.09. The second-order valence-electron chi connectivity index (χ2n) is 7.47. The molecule has 0 aliphatic heterocycles. The van der Waals surface area contributed by atoms with Gasteiger partial charge in [-0.1, -0.05) is 18.2 Å². The highest BCUT2D eigenvalue weighted by atomic mass is 16.2. The topological polar surface area (TPSA) is 131 Å². The van der Waals surface area contributed by atoms with E-state index in [1.54, 1.807) is 27.9 Å². The number of hydrogen-bond donors (Lipinski definition) is 1. The summed E-state index contributed by atoms with van der Waals surface area (Å²) in [5.41, 5.74) is 1.36. The number of aldehydes is 1. The van der Waals surface area contributed by atoms with Crippen molar-refractivity contribution in [1.82, 2.24) is 14.5 Å². The van der Waals surface area contributed by atoms with Crippen molar-refractivity contribution in [2.45, 2.75) is 26.8 Å². The first-order valence-electron chi connectivity index (χ1n) is 9.46. The van der Waals surface area contributed by atoms with Gasteiger partial charge in [0.15, 0.2) is 17.4 Å². The molecular formula is C21H21N5O5. The molecule has 0 aliphatic rings. The highest BCUT2D eigenvalue weighted by Crippen LogP contribution is 2.22. The molecule has 2 aromatic carbocycles. The van der Waals surface area contributed by atoms with Crippen LogP contribution in [0.4, 0.5) is 5.95 Å². The van der Waals surface area contributed by atoms with Crippen molar-refractivity contribution < 1.29 is 14.4 Å². The predicted molar refractivity (Wildman–Crippen MR) is 114 cm³/mol. The van der Waals surface area contributed by atoms with E-state index in [0.29, 0.717) is 6.29 Å². The maximum Gasteiger partial charge on any atom is 0.272 e. The number of Topliss-reactive ketones (excluding diaryl/α,β-unsaturated/α-hetero) is 1. The Kier molecular flexibility index (Phi) is 5.65. The normalized spacial score (nSPS) is 11.9. The number of carbonyl (C=O) groups excluding carboxylic acids is 3. The number of hydrogen-bond acceptors (Lipinski definition) is 8. The van der Waals surface area contributed by atoms with Gasteiger partial charge in [-0.15, -0.1) is 0 Å². The van der Waals surface area contributed by atoms with Crippen LogP contribution in [0.2, 0.25) is 0 Å². The third-order valence-corrected chi connectivity index (χ3v) is 4.79. The number of fused-ring (bicyclic) bond motifs is 1. The van der Waals surface area contributed by atoms with Gasteiger partial charge in [0.25, 0.3) is 5.91 Å². The number of benzene rings is 1. The smallest absolute Gasteiger partial charge is 0.272 e. The lowest BCUT2D eigenvalue weighted by Gasteiger charge is -2.17. The van der Waals surface area contributed by atoms with Crippen LogP contribution in [0, 0.1) is 0 Å². The number of nitrogens with one attached hydrogen (secondary N) is 1. The van der Waals surface area contributed by atoms with Gasteiger partial charge >= 0.3 is 0 Å². The van der Waals surface area contributed by atoms with E-state index in [9.17, 15) is 24.0 Å². The minimum absolute atomic E-state index is 0.0183. The van der Waals surface area contributed by atoms with E-state index in [4.69, 9.17) is 0 Å². The van der Waals surface area contributed by atoms with Crippen molar-refractivity contribution in [1.29, 1.82) is 0 Å². The summed E-state index contributed by atoms with van der Waals surface area (Å²) in [6.07, 6.45) is 0.453. The van der Waals surface area contributed by atoms with Gasteiger partial charge in [0.05, 0.1) is 0 Å². The van der Waals surface area contributed by atoms with Crippen LogP contribution in [0.15, 0.2) is 32.9 Å². The molecule has 10 heteroatoms. The van der Waals surface area contributed by atoms with Crippen LogP contribution in [0.3, 0.4) is 0 Å². The molecule has 1 N–H and O–H groups in total. The number of amides is 1. The lowest BCUT2D eigenvalue weighted by Crippen LogP contribution is -2.33. The molecule has 10 nitrogen and oxygen atoms in total. The zero-order chi connectivity index (χ0) is 23.0. The molecule has 1 amide bonds. The molecule has 0 fully saturated rings. The molecule has 1 aromatic heterocycles. The van der Waals surface area contributed by atoms with E-state index in [-0.39, 0.29) is 45.5 Å². The van der Waals surface area contributed by atoms with Crippen molar-refractivity contribution in [2.24, 2.45) is 5.10 Å². The Balaban J connectivity index is 2.23. The average molecular weight is 423 g/mol. The van der Waals surface area contributed by atoms with Gasteiger partial charge < -0.3 is 9.47 Å². The third kappa shape index (κ3) is 3.56. The highest BCUT2D eigenvalue weighted by molar-refractivity contribution is 6.07. The van der Waals surface area contributed by atoms with Crippen molar-refractivity contribution in [3.63, 3.8) is 0 Å². The van der Waals surface area contributed by atoms with Crippen molar-refractivity contribution in [2.75, 3.05) is 19.5 Å². The molecule has 1 heterocycles. The highest BCUT2D eigenvalue weighted by Gasteiger charge is 2.26. The second kappa shape index (κ2) is 8.05. The molecule has 3 rings (SSSR count). The Morgan fingerprint density at radius 2 is 1.87 bits per heavy atom. The van der Waals surface area contributed by atoms with Crippen molar-refractivity contribution in [3.8, 4) is 0 Å². The van der Waals surface area contributed by atoms with Crippen LogP contribution < -0.4 is 21.6 Å². The maximum absolute atomic E-state index is 12.8. The molecule has 0 aliphatic carbocycles. The minimum atomic E-state index is -0.679. The van der Waals surface area contributed by atoms with Gasteiger partial charge in [-0.2, -0.15) is 5.10 Å². The van der Waals surface area contributed by atoms with E-state index < -0.39 is 22.1 Å². The number of anilines is 1. The van der Waals surface area contributed by atoms with Crippen LogP contribution in [0.1, 0.15) is 58.1 Å². The van der Waals surface area contributed by atoms with E-state index in [1.807, 2.05) is 0 Å².